The Labute approximate surface area is 203 Å². The van der Waals surface area contributed by atoms with Crippen molar-refractivity contribution >= 4 is 23.2 Å². The molecule has 0 spiro atoms. The Balaban J connectivity index is 1.42. The number of ether oxygens (including phenoxy) is 1. The number of alkyl halides is 2. The minimum Gasteiger partial charge on any atom is -0.465 e. The summed E-state index contributed by atoms with van der Waals surface area (Å²) in [4.78, 5) is 26.6. The summed E-state index contributed by atoms with van der Waals surface area (Å²) < 4.78 is 33.0. The second kappa shape index (κ2) is 12.4. The lowest BCUT2D eigenvalue weighted by Gasteiger charge is -2.25. The molecule has 186 valence electrons. The summed E-state index contributed by atoms with van der Waals surface area (Å²) in [6, 6.07) is 13.1. The quantitative estimate of drug-likeness (QED) is 0.305. The number of halogens is 2. The van der Waals surface area contributed by atoms with Crippen LogP contribution in [0.1, 0.15) is 65.1 Å². The van der Waals surface area contributed by atoms with Crippen LogP contribution >= 0.6 is 11.3 Å². The zero-order valence-electron chi connectivity index (χ0n) is 19.6. The fourth-order valence-electron chi connectivity index (χ4n) is 4.44. The molecule has 1 N–H and O–H groups in total. The second-order valence-electron chi connectivity index (χ2n) is 8.88. The van der Waals surface area contributed by atoms with E-state index in [-0.39, 0.29) is 6.54 Å². The molecule has 34 heavy (non-hydrogen) atoms. The van der Waals surface area contributed by atoms with Gasteiger partial charge in [0.05, 0.1) is 13.2 Å². The van der Waals surface area contributed by atoms with Gasteiger partial charge in [0.1, 0.15) is 4.88 Å². The molecule has 1 aliphatic rings. The van der Waals surface area contributed by atoms with Gasteiger partial charge >= 0.3 is 11.9 Å². The van der Waals surface area contributed by atoms with Gasteiger partial charge in [0.25, 0.3) is 5.91 Å². The number of hydrogen-bond donors (Lipinski definition) is 1. The summed E-state index contributed by atoms with van der Waals surface area (Å²) in [5.74, 6) is -4.85. The second-order valence-corrected chi connectivity index (χ2v) is 10.1. The monoisotopic (exact) mass is 493 g/mol. The number of methoxy groups -OCH3 is 1. The first-order valence-electron chi connectivity index (χ1n) is 11.9. The number of unbranched alkanes of at least 4 members (excludes halogenated alkanes) is 1. The number of aliphatic hydroxyl groups excluding tert-OH is 1. The molecule has 8 heteroatoms. The van der Waals surface area contributed by atoms with Crippen molar-refractivity contribution in [1.82, 2.24) is 4.90 Å². The first-order chi connectivity index (χ1) is 16.3. The van der Waals surface area contributed by atoms with E-state index in [0.717, 1.165) is 24.1 Å². The third-order valence-electron chi connectivity index (χ3n) is 6.31. The predicted octanol–water partition coefficient (Wildman–Crippen LogP) is 5.26. The van der Waals surface area contributed by atoms with Gasteiger partial charge in [-0.1, -0.05) is 36.8 Å². The van der Waals surface area contributed by atoms with Gasteiger partial charge in [-0.3, -0.25) is 4.79 Å². The largest absolute Gasteiger partial charge is 0.465 e. The molecular formula is C26H33F2NO4S. The fourth-order valence-corrected chi connectivity index (χ4v) is 5.41. The van der Waals surface area contributed by atoms with Crippen molar-refractivity contribution in [2.75, 3.05) is 13.7 Å². The van der Waals surface area contributed by atoms with E-state index >= 15 is 0 Å². The molecule has 0 unspecified atom stereocenters. The van der Waals surface area contributed by atoms with Crippen LogP contribution in [0.15, 0.2) is 42.5 Å². The van der Waals surface area contributed by atoms with Gasteiger partial charge in [0.2, 0.25) is 0 Å². The van der Waals surface area contributed by atoms with Crippen molar-refractivity contribution in [3.63, 3.8) is 0 Å². The van der Waals surface area contributed by atoms with Gasteiger partial charge in [0.15, 0.2) is 0 Å². The summed E-state index contributed by atoms with van der Waals surface area (Å²) >= 11 is 1.31. The lowest BCUT2D eigenvalue weighted by molar-refractivity contribution is -0.148. The van der Waals surface area contributed by atoms with E-state index in [9.17, 15) is 23.5 Å². The van der Waals surface area contributed by atoms with E-state index in [2.05, 4.69) is 12.1 Å². The number of carbonyl (C=O) groups excluding carboxylic acids is 2. The number of aliphatic hydroxyl groups is 1. The van der Waals surface area contributed by atoms with Crippen LogP contribution in [0.2, 0.25) is 0 Å². The molecule has 2 aromatic rings. The Hall–Kier alpha value is -2.32. The zero-order chi connectivity index (χ0) is 24.6. The van der Waals surface area contributed by atoms with Crippen LogP contribution < -0.4 is 0 Å². The smallest absolute Gasteiger partial charge is 0.348 e. The number of carbonyl (C=O) groups is 2. The molecule has 1 aliphatic heterocycles. The lowest BCUT2D eigenvalue weighted by atomic mass is 10.00. The topological polar surface area (TPSA) is 66.8 Å². The number of nitrogens with zero attached hydrogens (tertiary/aromatic N) is 1. The van der Waals surface area contributed by atoms with Gasteiger partial charge in [0, 0.05) is 23.9 Å². The molecule has 2 atom stereocenters. The first kappa shape index (κ1) is 26.3. The Bertz CT molecular complexity index is 934. The van der Waals surface area contributed by atoms with E-state index in [1.807, 2.05) is 24.3 Å². The van der Waals surface area contributed by atoms with Gasteiger partial charge in [-0.25, -0.2) is 4.79 Å². The predicted molar refractivity (Wildman–Crippen MR) is 128 cm³/mol. The maximum absolute atomic E-state index is 14.2. The van der Waals surface area contributed by atoms with E-state index in [0.29, 0.717) is 37.0 Å². The average molecular weight is 494 g/mol. The van der Waals surface area contributed by atoms with Crippen molar-refractivity contribution in [1.29, 1.82) is 0 Å². The van der Waals surface area contributed by atoms with Crippen LogP contribution in [0, 0.1) is 0 Å². The molecule has 0 aliphatic carbocycles. The van der Waals surface area contributed by atoms with Crippen LogP contribution in [0.5, 0.6) is 0 Å². The maximum atomic E-state index is 14.2. The Morgan fingerprint density at radius 1 is 1.15 bits per heavy atom. The molecule has 1 amide bonds. The molecule has 0 saturated carbocycles. The minimum absolute atomic E-state index is 0.234. The summed E-state index contributed by atoms with van der Waals surface area (Å²) in [6.07, 6.45) is 4.27. The summed E-state index contributed by atoms with van der Waals surface area (Å²) in [5, 5.41) is 10.4. The Kier molecular flexibility index (Phi) is 9.59. The molecule has 1 aromatic heterocycles. The van der Waals surface area contributed by atoms with Gasteiger partial charge < -0.3 is 14.7 Å². The zero-order valence-corrected chi connectivity index (χ0v) is 20.4. The van der Waals surface area contributed by atoms with Crippen LogP contribution in [0.4, 0.5) is 8.78 Å². The first-order valence-corrected chi connectivity index (χ1v) is 12.7. The maximum Gasteiger partial charge on any atom is 0.348 e. The molecule has 2 heterocycles. The highest BCUT2D eigenvalue weighted by Gasteiger charge is 2.52. The van der Waals surface area contributed by atoms with E-state index in [4.69, 9.17) is 4.74 Å². The minimum atomic E-state index is -3.34. The number of hydrogen-bond acceptors (Lipinski definition) is 5. The molecule has 5 nitrogen and oxygen atoms in total. The fraction of sp³-hybridized carbons (Fsp3) is 0.538. The van der Waals surface area contributed by atoms with E-state index in [1.165, 1.54) is 28.9 Å². The van der Waals surface area contributed by atoms with E-state index in [1.54, 1.807) is 6.07 Å². The Morgan fingerprint density at radius 2 is 1.91 bits per heavy atom. The van der Waals surface area contributed by atoms with Gasteiger partial charge in [-0.05, 0) is 62.6 Å². The summed E-state index contributed by atoms with van der Waals surface area (Å²) in [5.41, 5.74) is 1.27. The van der Waals surface area contributed by atoms with Crippen molar-refractivity contribution in [3.8, 4) is 0 Å². The van der Waals surface area contributed by atoms with Crippen molar-refractivity contribution in [3.05, 3.63) is 57.8 Å². The van der Waals surface area contributed by atoms with Crippen molar-refractivity contribution in [2.45, 2.75) is 75.9 Å². The molecule has 0 radical (unpaired) electrons. The van der Waals surface area contributed by atoms with Crippen LogP contribution in [0.25, 0.3) is 0 Å². The number of thiophene rings is 1. The highest BCUT2D eigenvalue weighted by Crippen LogP contribution is 2.36. The van der Waals surface area contributed by atoms with Gasteiger partial charge in [-0.2, -0.15) is 8.78 Å². The van der Waals surface area contributed by atoms with Crippen LogP contribution in [-0.4, -0.2) is 53.6 Å². The highest BCUT2D eigenvalue weighted by molar-refractivity contribution is 7.13. The highest BCUT2D eigenvalue weighted by atomic mass is 32.1. The SMILES string of the molecule is COC(=O)c1ccc(CCCN2C(=O)C(F)(F)C[C@@H]2CC[C@@H](O)CCCCc2ccccc2)s1. The van der Waals surface area contributed by atoms with Crippen molar-refractivity contribution < 1.29 is 28.2 Å². The number of likely N-dealkylation sites (tertiary alicyclic amines) is 1. The van der Waals surface area contributed by atoms with Crippen LogP contribution in [0.3, 0.4) is 0 Å². The summed E-state index contributed by atoms with van der Waals surface area (Å²) in [6.45, 7) is 0.234. The standard InChI is InChI=1S/C26H33F2NO4S/c1-33-24(31)23-16-15-22(34-23)12-7-17-29-20(18-26(27,28)25(29)32)13-14-21(30)11-6-5-10-19-8-3-2-4-9-19/h2-4,8-9,15-16,20-21,30H,5-7,10-14,17-18H2,1H3/t20-,21-/m0/s1. The average Bonchev–Trinajstić information content (AvgIpc) is 3.38. The summed E-state index contributed by atoms with van der Waals surface area (Å²) in [7, 11) is 1.32. The molecule has 1 fully saturated rings. The third-order valence-corrected chi connectivity index (χ3v) is 7.43. The van der Waals surface area contributed by atoms with E-state index < -0.39 is 36.4 Å². The Morgan fingerprint density at radius 3 is 2.65 bits per heavy atom. The third kappa shape index (κ3) is 7.34. The molecule has 3 rings (SSSR count). The van der Waals surface area contributed by atoms with Gasteiger partial charge in [-0.15, -0.1) is 11.3 Å². The number of esters is 1. The van der Waals surface area contributed by atoms with Crippen molar-refractivity contribution in [2.24, 2.45) is 0 Å². The molecular weight excluding hydrogens is 460 g/mol. The normalized spacial score (nSPS) is 18.3. The molecule has 1 saturated heterocycles. The number of rotatable bonds is 13. The number of amides is 1. The molecule has 1 aromatic carbocycles. The lowest BCUT2D eigenvalue weighted by Crippen LogP contribution is -2.37. The number of aryl methyl sites for hydroxylation is 2. The molecule has 0 bridgehead atoms. The van der Waals surface area contributed by atoms with Crippen LogP contribution in [-0.2, 0) is 22.4 Å². The number of benzene rings is 1.